The number of ether oxygens (including phenoxy) is 3. The molecule has 10 heteroatoms. The molecular weight excluding hydrogens is 630 g/mol. The molecule has 3 rings (SSSR count). The fraction of sp³-hybridized carbons (Fsp3) is 0.407. The van der Waals surface area contributed by atoms with Crippen molar-refractivity contribution < 1.29 is 24.1 Å². The molecule has 0 spiro atoms. The van der Waals surface area contributed by atoms with Gasteiger partial charge >= 0.3 is 5.97 Å². The molecule has 0 aliphatic carbocycles. The van der Waals surface area contributed by atoms with Gasteiger partial charge in [0.15, 0.2) is 5.75 Å². The highest BCUT2D eigenvalue weighted by molar-refractivity contribution is 14.1. The monoisotopic (exact) mass is 660 g/mol. The third kappa shape index (κ3) is 8.49. The summed E-state index contributed by atoms with van der Waals surface area (Å²) in [4.78, 5) is 15.3. The van der Waals surface area contributed by atoms with Crippen LogP contribution in [0.2, 0.25) is 10.0 Å². The van der Waals surface area contributed by atoms with Crippen molar-refractivity contribution in [1.82, 2.24) is 9.55 Å². The summed E-state index contributed by atoms with van der Waals surface area (Å²) in [6, 6.07) is 11.4. The Morgan fingerprint density at radius 1 is 1.11 bits per heavy atom. The number of aromatic nitrogens is 2. The van der Waals surface area contributed by atoms with Gasteiger partial charge in [-0.3, -0.25) is 4.79 Å². The number of hydrogen-bond acceptors (Lipinski definition) is 6. The fourth-order valence-electron chi connectivity index (χ4n) is 3.79. The minimum Gasteiger partial charge on any atom is -0.491 e. The predicted molar refractivity (Wildman–Crippen MR) is 153 cm³/mol. The highest BCUT2D eigenvalue weighted by Gasteiger charge is 2.26. The van der Waals surface area contributed by atoms with E-state index >= 15 is 0 Å². The molecule has 1 N–H and O–H groups in total. The van der Waals surface area contributed by atoms with Gasteiger partial charge in [0.2, 0.25) is 0 Å². The number of alkyl halides is 1. The molecule has 3 aromatic rings. The van der Waals surface area contributed by atoms with Gasteiger partial charge in [0, 0.05) is 29.2 Å². The smallest absolute Gasteiger partial charge is 0.303 e. The van der Waals surface area contributed by atoms with Gasteiger partial charge in [-0.25, -0.2) is 4.98 Å². The highest BCUT2D eigenvalue weighted by Crippen LogP contribution is 2.40. The van der Waals surface area contributed by atoms with Crippen molar-refractivity contribution in [2.75, 3.05) is 17.6 Å². The van der Waals surface area contributed by atoms with E-state index < -0.39 is 11.5 Å². The number of rotatable bonds is 13. The Morgan fingerprint density at radius 2 is 1.78 bits per heavy atom. The lowest BCUT2D eigenvalue weighted by atomic mass is 9.78. The number of aliphatic hydroxyl groups is 1. The minimum absolute atomic E-state index is 0.170. The van der Waals surface area contributed by atoms with Crippen molar-refractivity contribution in [3.05, 3.63) is 76.3 Å². The lowest BCUT2D eigenvalue weighted by molar-refractivity contribution is -0.147. The number of imidazole rings is 1. The molecule has 0 aliphatic heterocycles. The summed E-state index contributed by atoms with van der Waals surface area (Å²) in [6.07, 6.45) is 4.77. The molecule has 200 valence electrons. The van der Waals surface area contributed by atoms with Crippen LogP contribution >= 0.6 is 45.8 Å². The second-order valence-electron chi connectivity index (χ2n) is 9.16. The molecule has 2 atom stereocenters. The molecule has 0 saturated heterocycles. The molecule has 0 fully saturated rings. The number of benzene rings is 2. The van der Waals surface area contributed by atoms with E-state index in [1.165, 1.54) is 6.92 Å². The van der Waals surface area contributed by atoms with Gasteiger partial charge in [-0.2, -0.15) is 0 Å². The largest absolute Gasteiger partial charge is 0.491 e. The summed E-state index contributed by atoms with van der Waals surface area (Å²) in [5, 5.41) is 11.0. The van der Waals surface area contributed by atoms with Crippen LogP contribution in [0.4, 0.5) is 0 Å². The molecule has 2 aromatic carbocycles. The van der Waals surface area contributed by atoms with Crippen LogP contribution in [0, 0.1) is 0 Å². The van der Waals surface area contributed by atoms with E-state index in [0.29, 0.717) is 34.5 Å². The SMILES string of the molecule is CC(=O)O[C@H](CCI)COc1c(Cl)cc(C(C)(C)c2ccc(OC[C@@H](O)Cn3ccnc3)cc2)cc1Cl. The molecular formula is C27H31Cl2IN2O5. The van der Waals surface area contributed by atoms with Gasteiger partial charge in [-0.05, 0) is 41.8 Å². The zero-order valence-corrected chi connectivity index (χ0v) is 24.7. The number of nitrogens with zero attached hydrogens (tertiary/aromatic N) is 2. The van der Waals surface area contributed by atoms with Crippen molar-refractivity contribution >= 4 is 51.8 Å². The van der Waals surface area contributed by atoms with Crippen LogP contribution in [0.15, 0.2) is 55.1 Å². The minimum atomic E-state index is -0.652. The van der Waals surface area contributed by atoms with Crippen LogP contribution < -0.4 is 9.47 Å². The Bertz CT molecular complexity index is 1130. The Morgan fingerprint density at radius 3 is 2.35 bits per heavy atom. The Kier molecular flexibility index (Phi) is 10.9. The van der Waals surface area contributed by atoms with Crippen LogP contribution in [0.3, 0.4) is 0 Å². The van der Waals surface area contributed by atoms with Crippen molar-refractivity contribution in [2.24, 2.45) is 0 Å². The molecule has 7 nitrogen and oxygen atoms in total. The first-order valence-corrected chi connectivity index (χ1v) is 14.1. The van der Waals surface area contributed by atoms with Crippen LogP contribution in [0.25, 0.3) is 0 Å². The number of aliphatic hydroxyl groups excluding tert-OH is 1. The normalized spacial score (nSPS) is 13.2. The predicted octanol–water partition coefficient (Wildman–Crippen LogP) is 6.09. The number of carbonyl (C=O) groups excluding carboxylic acids is 1. The maximum Gasteiger partial charge on any atom is 0.303 e. The van der Waals surface area contributed by atoms with E-state index in [4.69, 9.17) is 37.4 Å². The van der Waals surface area contributed by atoms with Crippen molar-refractivity contribution in [3.63, 3.8) is 0 Å². The number of esters is 1. The van der Waals surface area contributed by atoms with E-state index in [-0.39, 0.29) is 25.3 Å². The zero-order valence-electron chi connectivity index (χ0n) is 21.0. The summed E-state index contributed by atoms with van der Waals surface area (Å²) in [7, 11) is 0. The summed E-state index contributed by atoms with van der Waals surface area (Å²) in [6.45, 7) is 6.29. The second-order valence-corrected chi connectivity index (χ2v) is 11.1. The highest BCUT2D eigenvalue weighted by atomic mass is 127. The van der Waals surface area contributed by atoms with Gasteiger partial charge in [-0.1, -0.05) is 71.8 Å². The number of hydrogen-bond donors (Lipinski definition) is 1. The first-order chi connectivity index (χ1) is 17.6. The maximum atomic E-state index is 11.4. The first kappa shape index (κ1) is 29.5. The average Bonchev–Trinajstić information content (AvgIpc) is 3.35. The van der Waals surface area contributed by atoms with Crippen LogP contribution in [-0.2, 0) is 21.5 Å². The van der Waals surface area contributed by atoms with Crippen LogP contribution in [0.1, 0.15) is 38.3 Å². The summed E-state index contributed by atoms with van der Waals surface area (Å²) in [5.74, 6) is 0.680. The lowest BCUT2D eigenvalue weighted by Crippen LogP contribution is -2.25. The average molecular weight is 661 g/mol. The van der Waals surface area contributed by atoms with Gasteiger partial charge < -0.3 is 23.9 Å². The van der Waals surface area contributed by atoms with E-state index in [1.54, 1.807) is 23.3 Å². The Labute approximate surface area is 241 Å². The van der Waals surface area contributed by atoms with E-state index in [0.717, 1.165) is 15.6 Å². The third-order valence-corrected chi connectivity index (χ3v) is 7.08. The lowest BCUT2D eigenvalue weighted by Gasteiger charge is -2.27. The zero-order chi connectivity index (χ0) is 27.0. The molecule has 0 saturated carbocycles. The van der Waals surface area contributed by atoms with Crippen LogP contribution in [0.5, 0.6) is 11.5 Å². The number of halogens is 3. The fourth-order valence-corrected chi connectivity index (χ4v) is 5.08. The molecule has 1 aromatic heterocycles. The van der Waals surface area contributed by atoms with Crippen molar-refractivity contribution in [1.29, 1.82) is 0 Å². The Balaban J connectivity index is 1.66. The Hall–Kier alpha value is -2.01. The van der Waals surface area contributed by atoms with Crippen molar-refractivity contribution in [2.45, 2.75) is 51.4 Å². The molecule has 0 amide bonds. The van der Waals surface area contributed by atoms with Gasteiger partial charge in [0.05, 0.1) is 22.9 Å². The molecule has 0 radical (unpaired) electrons. The van der Waals surface area contributed by atoms with Crippen molar-refractivity contribution in [3.8, 4) is 11.5 Å². The van der Waals surface area contributed by atoms with Crippen LogP contribution in [-0.4, -0.2) is 50.5 Å². The van der Waals surface area contributed by atoms with E-state index in [2.05, 4.69) is 41.4 Å². The first-order valence-electron chi connectivity index (χ1n) is 11.8. The second kappa shape index (κ2) is 13.7. The van der Waals surface area contributed by atoms with Gasteiger partial charge in [-0.15, -0.1) is 0 Å². The van der Waals surface area contributed by atoms with Gasteiger partial charge in [0.25, 0.3) is 0 Å². The maximum absolute atomic E-state index is 11.4. The molecule has 0 bridgehead atoms. The standard InChI is InChI=1S/C27H31Cl2IN2O5/c1-18(33)37-23(8-9-30)16-36-26-24(28)12-20(13-25(26)29)27(2,3)19-4-6-22(7-5-19)35-15-21(34)14-32-11-10-31-17-32/h4-7,10-13,17,21,23,34H,8-9,14-16H2,1-3H3/t21-,23+/m0/s1. The summed E-state index contributed by atoms with van der Waals surface area (Å²) < 4.78 is 19.6. The van der Waals surface area contributed by atoms with Gasteiger partial charge in [0.1, 0.15) is 31.2 Å². The topological polar surface area (TPSA) is 82.8 Å². The molecule has 37 heavy (non-hydrogen) atoms. The quantitative estimate of drug-likeness (QED) is 0.136. The van der Waals surface area contributed by atoms with E-state index in [1.807, 2.05) is 36.4 Å². The number of carbonyl (C=O) groups is 1. The summed E-state index contributed by atoms with van der Waals surface area (Å²) in [5.41, 5.74) is 1.55. The third-order valence-electron chi connectivity index (χ3n) is 5.90. The molecule has 0 unspecified atom stereocenters. The molecule has 0 aliphatic rings. The molecule has 1 heterocycles. The summed E-state index contributed by atoms with van der Waals surface area (Å²) >= 11 is 15.4. The van der Waals surface area contributed by atoms with E-state index in [9.17, 15) is 9.90 Å².